The quantitative estimate of drug-likeness (QED) is 0.777. The van der Waals surface area contributed by atoms with Gasteiger partial charge in [0.2, 0.25) is 0 Å². The van der Waals surface area contributed by atoms with Gasteiger partial charge in [-0.15, -0.1) is 0 Å². The Balaban J connectivity index is 2.14. The smallest absolute Gasteiger partial charge is 0.0645 e. The summed E-state index contributed by atoms with van der Waals surface area (Å²) in [5, 5.41) is 1.32. The van der Waals surface area contributed by atoms with Crippen LogP contribution < -0.4 is 5.73 Å². The molecule has 0 aliphatic heterocycles. The van der Waals surface area contributed by atoms with E-state index in [1.165, 1.54) is 16.5 Å². The van der Waals surface area contributed by atoms with Crippen LogP contribution in [0.4, 0.5) is 0 Å². The van der Waals surface area contributed by atoms with Gasteiger partial charge < -0.3 is 15.0 Å². The summed E-state index contributed by atoms with van der Waals surface area (Å²) < 4.78 is 7.82. The van der Waals surface area contributed by atoms with Crippen molar-refractivity contribution in [1.29, 1.82) is 0 Å². The van der Waals surface area contributed by atoms with Crippen molar-refractivity contribution in [1.82, 2.24) is 4.57 Å². The molecule has 0 aliphatic rings. The summed E-state index contributed by atoms with van der Waals surface area (Å²) >= 11 is 0. The molecule has 1 atom stereocenters. The molecule has 2 aromatic rings. The van der Waals surface area contributed by atoms with Crippen molar-refractivity contribution in [3.8, 4) is 0 Å². The second-order valence-electron chi connectivity index (χ2n) is 5.15. The molecule has 3 heteroatoms. The lowest BCUT2D eigenvalue weighted by Gasteiger charge is -2.09. The molecule has 1 aromatic heterocycles. The molecule has 19 heavy (non-hydrogen) atoms. The van der Waals surface area contributed by atoms with E-state index >= 15 is 0 Å². The van der Waals surface area contributed by atoms with E-state index in [0.29, 0.717) is 0 Å². The standard InChI is InChI=1S/C16H24N2O/c1-3-10-19-11-9-18-8-7-15-14(12-13(2)17)5-4-6-16(15)18/h4-8,13H,3,9-12,17H2,1-2H3. The van der Waals surface area contributed by atoms with Crippen molar-refractivity contribution in [3.05, 3.63) is 36.0 Å². The molecule has 0 saturated heterocycles. The van der Waals surface area contributed by atoms with Crippen molar-refractivity contribution in [2.24, 2.45) is 5.73 Å². The fourth-order valence-corrected chi connectivity index (χ4v) is 2.42. The molecule has 3 nitrogen and oxygen atoms in total. The minimum absolute atomic E-state index is 0.196. The van der Waals surface area contributed by atoms with Gasteiger partial charge in [0.25, 0.3) is 0 Å². The number of rotatable bonds is 7. The normalized spacial score (nSPS) is 13.0. The summed E-state index contributed by atoms with van der Waals surface area (Å²) in [6.07, 6.45) is 4.14. The van der Waals surface area contributed by atoms with Gasteiger partial charge in [-0.05, 0) is 37.5 Å². The average molecular weight is 260 g/mol. The summed E-state index contributed by atoms with van der Waals surface area (Å²) in [5.74, 6) is 0. The second kappa shape index (κ2) is 6.73. The van der Waals surface area contributed by atoms with Crippen LogP contribution in [0, 0.1) is 0 Å². The van der Waals surface area contributed by atoms with Crippen LogP contribution in [0.15, 0.2) is 30.5 Å². The number of hydrogen-bond acceptors (Lipinski definition) is 2. The van der Waals surface area contributed by atoms with Crippen molar-refractivity contribution in [2.45, 2.75) is 39.3 Å². The molecule has 0 aliphatic carbocycles. The molecule has 0 radical (unpaired) electrons. The Morgan fingerprint density at radius 3 is 2.84 bits per heavy atom. The van der Waals surface area contributed by atoms with Gasteiger partial charge in [0.15, 0.2) is 0 Å². The van der Waals surface area contributed by atoms with Crippen molar-refractivity contribution >= 4 is 10.9 Å². The average Bonchev–Trinajstić information content (AvgIpc) is 2.79. The minimum atomic E-state index is 0.196. The monoisotopic (exact) mass is 260 g/mol. The summed E-state index contributed by atoms with van der Waals surface area (Å²) in [5.41, 5.74) is 8.52. The van der Waals surface area contributed by atoms with E-state index in [2.05, 4.69) is 48.9 Å². The summed E-state index contributed by atoms with van der Waals surface area (Å²) in [7, 11) is 0. The van der Waals surface area contributed by atoms with E-state index in [1.807, 2.05) is 0 Å². The number of ether oxygens (including phenoxy) is 1. The molecule has 2 rings (SSSR count). The van der Waals surface area contributed by atoms with E-state index in [-0.39, 0.29) is 6.04 Å². The number of nitrogens with two attached hydrogens (primary N) is 1. The predicted molar refractivity (Wildman–Crippen MR) is 80.4 cm³/mol. The lowest BCUT2D eigenvalue weighted by atomic mass is 10.0. The van der Waals surface area contributed by atoms with Gasteiger partial charge in [-0.1, -0.05) is 19.1 Å². The van der Waals surface area contributed by atoms with Crippen LogP contribution in [-0.4, -0.2) is 23.8 Å². The maximum Gasteiger partial charge on any atom is 0.0645 e. The summed E-state index contributed by atoms with van der Waals surface area (Å²) in [6, 6.07) is 8.83. The Labute approximate surface area is 115 Å². The van der Waals surface area contributed by atoms with Crippen molar-refractivity contribution in [2.75, 3.05) is 13.2 Å². The molecular weight excluding hydrogens is 236 g/mol. The first-order valence-corrected chi connectivity index (χ1v) is 7.12. The van der Waals surface area contributed by atoms with Crippen LogP contribution >= 0.6 is 0 Å². The molecule has 0 spiro atoms. The molecule has 0 amide bonds. The lowest BCUT2D eigenvalue weighted by molar-refractivity contribution is 0.127. The first kappa shape index (κ1) is 14.1. The third kappa shape index (κ3) is 3.58. The Kier molecular flexibility index (Phi) is 5.00. The minimum Gasteiger partial charge on any atom is -0.380 e. The van der Waals surface area contributed by atoms with Crippen LogP contribution in [-0.2, 0) is 17.7 Å². The van der Waals surface area contributed by atoms with E-state index in [9.17, 15) is 0 Å². The maximum absolute atomic E-state index is 5.91. The number of nitrogens with zero attached hydrogens (tertiary/aromatic N) is 1. The highest BCUT2D eigenvalue weighted by atomic mass is 16.5. The van der Waals surface area contributed by atoms with Crippen LogP contribution in [0.2, 0.25) is 0 Å². The van der Waals surface area contributed by atoms with E-state index < -0.39 is 0 Å². The number of benzene rings is 1. The van der Waals surface area contributed by atoms with Gasteiger partial charge in [0, 0.05) is 36.3 Å². The Hall–Kier alpha value is -1.32. The maximum atomic E-state index is 5.91. The van der Waals surface area contributed by atoms with Crippen LogP contribution in [0.1, 0.15) is 25.8 Å². The van der Waals surface area contributed by atoms with Crippen molar-refractivity contribution in [3.63, 3.8) is 0 Å². The van der Waals surface area contributed by atoms with Gasteiger partial charge in [0.05, 0.1) is 6.61 Å². The Bertz CT molecular complexity index is 516. The van der Waals surface area contributed by atoms with E-state index in [0.717, 1.165) is 32.6 Å². The topological polar surface area (TPSA) is 40.2 Å². The molecule has 0 saturated carbocycles. The number of aromatic nitrogens is 1. The molecular formula is C16H24N2O. The largest absolute Gasteiger partial charge is 0.380 e. The van der Waals surface area contributed by atoms with Crippen LogP contribution in [0.25, 0.3) is 10.9 Å². The highest BCUT2D eigenvalue weighted by Gasteiger charge is 2.07. The second-order valence-corrected chi connectivity index (χ2v) is 5.15. The zero-order chi connectivity index (χ0) is 13.7. The third-order valence-corrected chi connectivity index (χ3v) is 3.27. The highest BCUT2D eigenvalue weighted by Crippen LogP contribution is 2.21. The predicted octanol–water partition coefficient (Wildman–Crippen LogP) is 2.96. The van der Waals surface area contributed by atoms with E-state index in [4.69, 9.17) is 10.5 Å². The molecule has 104 valence electrons. The van der Waals surface area contributed by atoms with E-state index in [1.54, 1.807) is 0 Å². The fraction of sp³-hybridized carbons (Fsp3) is 0.500. The SMILES string of the molecule is CCCOCCn1ccc2c(CC(C)N)cccc21. The third-order valence-electron chi connectivity index (χ3n) is 3.27. The summed E-state index contributed by atoms with van der Waals surface area (Å²) in [4.78, 5) is 0. The molecule has 1 heterocycles. The van der Waals surface area contributed by atoms with Gasteiger partial charge in [-0.2, -0.15) is 0 Å². The van der Waals surface area contributed by atoms with Crippen molar-refractivity contribution < 1.29 is 4.74 Å². The van der Waals surface area contributed by atoms with Crippen LogP contribution in [0.3, 0.4) is 0 Å². The van der Waals surface area contributed by atoms with Gasteiger partial charge in [-0.25, -0.2) is 0 Å². The Morgan fingerprint density at radius 1 is 1.26 bits per heavy atom. The molecule has 1 unspecified atom stereocenters. The number of fused-ring (bicyclic) bond motifs is 1. The first-order chi connectivity index (χ1) is 9.22. The number of hydrogen-bond donors (Lipinski definition) is 1. The Morgan fingerprint density at radius 2 is 2.11 bits per heavy atom. The van der Waals surface area contributed by atoms with Crippen LogP contribution in [0.5, 0.6) is 0 Å². The van der Waals surface area contributed by atoms with Gasteiger partial charge in [0.1, 0.15) is 0 Å². The highest BCUT2D eigenvalue weighted by molar-refractivity contribution is 5.83. The first-order valence-electron chi connectivity index (χ1n) is 7.12. The molecule has 0 bridgehead atoms. The lowest BCUT2D eigenvalue weighted by Crippen LogP contribution is -2.17. The molecule has 1 aromatic carbocycles. The van der Waals surface area contributed by atoms with Gasteiger partial charge >= 0.3 is 0 Å². The zero-order valence-corrected chi connectivity index (χ0v) is 11.9. The molecule has 0 fully saturated rings. The zero-order valence-electron chi connectivity index (χ0n) is 11.9. The molecule has 2 N–H and O–H groups in total. The fourth-order valence-electron chi connectivity index (χ4n) is 2.42. The summed E-state index contributed by atoms with van der Waals surface area (Å²) in [6.45, 7) is 6.70. The van der Waals surface area contributed by atoms with Gasteiger partial charge in [-0.3, -0.25) is 0 Å².